The van der Waals surface area contributed by atoms with Gasteiger partial charge in [-0.25, -0.2) is 4.79 Å². The molecule has 0 bridgehead atoms. The highest BCUT2D eigenvalue weighted by Crippen LogP contribution is 2.18. The highest BCUT2D eigenvalue weighted by molar-refractivity contribution is 5.68. The van der Waals surface area contributed by atoms with Gasteiger partial charge in [0.2, 0.25) is 0 Å². The van der Waals surface area contributed by atoms with Crippen LogP contribution in [0.5, 0.6) is 0 Å². The number of likely N-dealkylation sites (tertiary alicyclic amines) is 1. The third-order valence-electron chi connectivity index (χ3n) is 3.46. The molecule has 0 unspecified atom stereocenters. The minimum Gasteiger partial charge on any atom is -0.444 e. The summed E-state index contributed by atoms with van der Waals surface area (Å²) in [5, 5.41) is 3.53. The summed E-state index contributed by atoms with van der Waals surface area (Å²) in [4.78, 5) is 18.2. The summed E-state index contributed by atoms with van der Waals surface area (Å²) in [6.45, 7) is 9.19. The lowest BCUT2D eigenvalue weighted by atomic mass is 10.1. The molecule has 1 aliphatic heterocycles. The number of carbonyl (C=O) groups excluding carboxylic acids is 1. The summed E-state index contributed by atoms with van der Waals surface area (Å²) in [7, 11) is 0. The number of amides is 1. The van der Waals surface area contributed by atoms with Gasteiger partial charge in [-0.1, -0.05) is 6.07 Å². The highest BCUT2D eigenvalue weighted by Gasteiger charge is 2.30. The lowest BCUT2D eigenvalue weighted by Crippen LogP contribution is -2.39. The Morgan fingerprint density at radius 2 is 2.24 bits per heavy atom. The van der Waals surface area contributed by atoms with Crippen molar-refractivity contribution >= 4 is 6.09 Å². The molecular weight excluding hydrogens is 266 g/mol. The molecule has 0 aromatic carbocycles. The number of hydrogen-bond acceptors (Lipinski definition) is 4. The normalized spacial score (nSPS) is 20.4. The van der Waals surface area contributed by atoms with Gasteiger partial charge in [0.05, 0.1) is 5.69 Å². The Morgan fingerprint density at radius 1 is 1.48 bits per heavy atom. The van der Waals surface area contributed by atoms with E-state index in [0.717, 1.165) is 18.7 Å². The maximum Gasteiger partial charge on any atom is 0.410 e. The van der Waals surface area contributed by atoms with E-state index in [1.807, 2.05) is 39.0 Å². The van der Waals surface area contributed by atoms with Crippen LogP contribution in [0.1, 0.15) is 45.9 Å². The third kappa shape index (κ3) is 4.70. The summed E-state index contributed by atoms with van der Waals surface area (Å²) < 4.78 is 5.41. The number of nitrogens with zero attached hydrogens (tertiary/aromatic N) is 2. The molecular formula is C16H25N3O2. The molecule has 0 radical (unpaired) electrons. The van der Waals surface area contributed by atoms with Gasteiger partial charge in [0.15, 0.2) is 0 Å². The molecule has 0 saturated carbocycles. The monoisotopic (exact) mass is 291 g/mol. The van der Waals surface area contributed by atoms with Gasteiger partial charge in [0.25, 0.3) is 0 Å². The predicted octanol–water partition coefficient (Wildman–Crippen LogP) is 2.74. The van der Waals surface area contributed by atoms with Gasteiger partial charge < -0.3 is 15.0 Å². The molecule has 5 heteroatoms. The Balaban J connectivity index is 1.84. The summed E-state index contributed by atoms with van der Waals surface area (Å²) in [5.41, 5.74) is 0.581. The quantitative estimate of drug-likeness (QED) is 0.930. The molecule has 21 heavy (non-hydrogen) atoms. The number of pyridine rings is 1. The van der Waals surface area contributed by atoms with Crippen molar-refractivity contribution in [3.63, 3.8) is 0 Å². The molecule has 116 valence electrons. The van der Waals surface area contributed by atoms with Crippen LogP contribution >= 0.6 is 0 Å². The molecule has 1 fully saturated rings. The van der Waals surface area contributed by atoms with Crippen molar-refractivity contribution < 1.29 is 9.53 Å². The van der Waals surface area contributed by atoms with Crippen molar-refractivity contribution in [3.05, 3.63) is 30.1 Å². The minimum absolute atomic E-state index is 0.176. The van der Waals surface area contributed by atoms with Crippen LogP contribution in [0.25, 0.3) is 0 Å². The van der Waals surface area contributed by atoms with Crippen molar-refractivity contribution in [2.75, 3.05) is 13.1 Å². The summed E-state index contributed by atoms with van der Waals surface area (Å²) >= 11 is 0. The lowest BCUT2D eigenvalue weighted by molar-refractivity contribution is 0.0290. The Hall–Kier alpha value is -1.62. The van der Waals surface area contributed by atoms with E-state index < -0.39 is 5.60 Å². The Bertz CT molecular complexity index is 470. The van der Waals surface area contributed by atoms with E-state index in [1.165, 1.54) is 0 Å². The third-order valence-corrected chi connectivity index (χ3v) is 3.46. The topological polar surface area (TPSA) is 54.5 Å². The van der Waals surface area contributed by atoms with Crippen LogP contribution in [0, 0.1) is 0 Å². The van der Waals surface area contributed by atoms with E-state index in [9.17, 15) is 4.79 Å². The van der Waals surface area contributed by atoms with E-state index in [-0.39, 0.29) is 18.2 Å². The van der Waals surface area contributed by atoms with Crippen LogP contribution < -0.4 is 5.32 Å². The van der Waals surface area contributed by atoms with Gasteiger partial charge in [0, 0.05) is 31.4 Å². The van der Waals surface area contributed by atoms with Gasteiger partial charge in [-0.2, -0.15) is 0 Å². The van der Waals surface area contributed by atoms with Gasteiger partial charge >= 0.3 is 6.09 Å². The summed E-state index contributed by atoms with van der Waals surface area (Å²) in [6.07, 6.45) is 2.52. The Kier molecular flexibility index (Phi) is 4.83. The van der Waals surface area contributed by atoms with Gasteiger partial charge in [0.1, 0.15) is 5.60 Å². The zero-order chi connectivity index (χ0) is 15.5. The van der Waals surface area contributed by atoms with Crippen LogP contribution in [0.4, 0.5) is 4.79 Å². The van der Waals surface area contributed by atoms with Crippen molar-refractivity contribution in [2.24, 2.45) is 0 Å². The lowest BCUT2D eigenvalue weighted by Gasteiger charge is -2.25. The fourth-order valence-corrected chi connectivity index (χ4v) is 2.46. The van der Waals surface area contributed by atoms with Crippen molar-refractivity contribution in [1.82, 2.24) is 15.2 Å². The van der Waals surface area contributed by atoms with E-state index >= 15 is 0 Å². The predicted molar refractivity (Wildman–Crippen MR) is 82.0 cm³/mol. The summed E-state index contributed by atoms with van der Waals surface area (Å²) in [6, 6.07) is 6.38. The zero-order valence-electron chi connectivity index (χ0n) is 13.3. The van der Waals surface area contributed by atoms with Crippen LogP contribution in [0.15, 0.2) is 24.4 Å². The SMILES string of the molecule is C[C@@H](N[C@@H]1CCN(C(=O)OC(C)(C)C)C1)c1ccccn1. The molecule has 2 rings (SSSR count). The largest absolute Gasteiger partial charge is 0.444 e. The second-order valence-electron chi connectivity index (χ2n) is 6.55. The molecule has 5 nitrogen and oxygen atoms in total. The second kappa shape index (κ2) is 6.43. The van der Waals surface area contributed by atoms with Crippen LogP contribution in [0.3, 0.4) is 0 Å². The van der Waals surface area contributed by atoms with Crippen molar-refractivity contribution in [3.8, 4) is 0 Å². The highest BCUT2D eigenvalue weighted by atomic mass is 16.6. The minimum atomic E-state index is -0.441. The molecule has 1 amide bonds. The molecule has 0 spiro atoms. The first-order valence-electron chi connectivity index (χ1n) is 7.50. The standard InChI is InChI=1S/C16H25N3O2/c1-12(14-7-5-6-9-17-14)18-13-8-10-19(11-13)15(20)21-16(2,3)4/h5-7,9,12-13,18H,8,10-11H2,1-4H3/t12-,13-/m1/s1. The molecule has 1 saturated heterocycles. The molecule has 1 aromatic rings. The number of carbonyl (C=O) groups is 1. The number of rotatable bonds is 3. The summed E-state index contributed by atoms with van der Waals surface area (Å²) in [5.74, 6) is 0. The van der Waals surface area contributed by atoms with E-state index in [4.69, 9.17) is 4.74 Å². The van der Waals surface area contributed by atoms with E-state index in [0.29, 0.717) is 6.54 Å². The van der Waals surface area contributed by atoms with E-state index in [2.05, 4.69) is 17.2 Å². The van der Waals surface area contributed by atoms with Crippen LogP contribution in [0.2, 0.25) is 0 Å². The maximum absolute atomic E-state index is 12.0. The smallest absolute Gasteiger partial charge is 0.410 e. The maximum atomic E-state index is 12.0. The zero-order valence-corrected chi connectivity index (χ0v) is 13.3. The number of aromatic nitrogens is 1. The van der Waals surface area contributed by atoms with E-state index in [1.54, 1.807) is 11.1 Å². The number of ether oxygens (including phenoxy) is 1. The second-order valence-corrected chi connectivity index (χ2v) is 6.55. The fourth-order valence-electron chi connectivity index (χ4n) is 2.46. The molecule has 1 aliphatic rings. The van der Waals surface area contributed by atoms with Crippen molar-refractivity contribution in [2.45, 2.75) is 51.8 Å². The Labute approximate surface area is 126 Å². The van der Waals surface area contributed by atoms with Gasteiger partial charge in [-0.05, 0) is 46.2 Å². The average molecular weight is 291 g/mol. The first-order valence-corrected chi connectivity index (χ1v) is 7.50. The molecule has 2 heterocycles. The molecule has 2 atom stereocenters. The molecule has 0 aliphatic carbocycles. The number of hydrogen-bond donors (Lipinski definition) is 1. The first-order chi connectivity index (χ1) is 9.85. The van der Waals surface area contributed by atoms with Gasteiger partial charge in [-0.15, -0.1) is 0 Å². The first kappa shape index (κ1) is 15.8. The average Bonchev–Trinajstić information content (AvgIpc) is 2.86. The fraction of sp³-hybridized carbons (Fsp3) is 0.625. The molecule has 1 aromatic heterocycles. The van der Waals surface area contributed by atoms with Crippen molar-refractivity contribution in [1.29, 1.82) is 0 Å². The Morgan fingerprint density at radius 3 is 2.86 bits per heavy atom. The van der Waals surface area contributed by atoms with Crippen LogP contribution in [-0.4, -0.2) is 40.7 Å². The molecule has 1 N–H and O–H groups in total. The van der Waals surface area contributed by atoms with Gasteiger partial charge in [-0.3, -0.25) is 4.98 Å². The number of nitrogens with one attached hydrogen (secondary N) is 1. The van der Waals surface area contributed by atoms with Crippen LogP contribution in [-0.2, 0) is 4.74 Å².